The van der Waals surface area contributed by atoms with E-state index < -0.39 is 0 Å². The lowest BCUT2D eigenvalue weighted by molar-refractivity contribution is -0.0721. The van der Waals surface area contributed by atoms with Crippen LogP contribution in [0, 0.1) is 0 Å². The molecule has 0 amide bonds. The zero-order valence-electron chi connectivity index (χ0n) is 18.7. The molecular weight excluding hydrogens is 364 g/mol. The van der Waals surface area contributed by atoms with Crippen LogP contribution in [0.3, 0.4) is 0 Å². The molecule has 0 bridgehead atoms. The van der Waals surface area contributed by atoms with E-state index in [0.29, 0.717) is 12.2 Å². The van der Waals surface area contributed by atoms with Gasteiger partial charge in [0.1, 0.15) is 0 Å². The number of hydrogen-bond donors (Lipinski definition) is 1. The monoisotopic (exact) mass is 408 g/mol. The van der Waals surface area contributed by atoms with Crippen LogP contribution in [0.25, 0.3) is 0 Å². The fourth-order valence-corrected chi connectivity index (χ4v) is 4.68. The van der Waals surface area contributed by atoms with Crippen LogP contribution in [-0.4, -0.2) is 87.0 Å². The van der Waals surface area contributed by atoms with Crippen LogP contribution in [-0.2, 0) is 9.47 Å². The number of ether oxygens (including phenoxy) is 2. The summed E-state index contributed by atoms with van der Waals surface area (Å²) in [5.74, 6) is 1.09. The smallest absolute Gasteiger partial charge is 0.193 e. The molecule has 3 fully saturated rings. The molecule has 0 spiro atoms. The van der Waals surface area contributed by atoms with Crippen molar-refractivity contribution < 1.29 is 9.47 Å². The van der Waals surface area contributed by atoms with Crippen molar-refractivity contribution in [3.8, 4) is 0 Å². The maximum atomic E-state index is 6.17. The lowest BCUT2D eigenvalue weighted by Gasteiger charge is -2.35. The van der Waals surface area contributed by atoms with Crippen LogP contribution in [0.15, 0.2) is 4.99 Å². The van der Waals surface area contributed by atoms with Crippen molar-refractivity contribution in [2.45, 2.75) is 83.3 Å². The van der Waals surface area contributed by atoms with Gasteiger partial charge in [0.2, 0.25) is 0 Å². The third-order valence-corrected chi connectivity index (χ3v) is 6.46. The lowest BCUT2D eigenvalue weighted by atomic mass is 10.1. The summed E-state index contributed by atoms with van der Waals surface area (Å²) >= 11 is 0. The van der Waals surface area contributed by atoms with Crippen molar-refractivity contribution in [1.82, 2.24) is 15.1 Å². The molecule has 3 rings (SSSR count). The molecule has 3 saturated heterocycles. The summed E-state index contributed by atoms with van der Waals surface area (Å²) in [7, 11) is 0. The zero-order chi connectivity index (χ0) is 20.2. The molecule has 6 nitrogen and oxygen atoms in total. The zero-order valence-corrected chi connectivity index (χ0v) is 18.7. The quantitative estimate of drug-likeness (QED) is 0.379. The van der Waals surface area contributed by atoms with E-state index in [-0.39, 0.29) is 0 Å². The summed E-state index contributed by atoms with van der Waals surface area (Å²) in [6, 6.07) is 0. The van der Waals surface area contributed by atoms with Crippen LogP contribution in [0.5, 0.6) is 0 Å². The summed E-state index contributed by atoms with van der Waals surface area (Å²) in [6.07, 6.45) is 13.3. The van der Waals surface area contributed by atoms with Gasteiger partial charge in [-0.2, -0.15) is 0 Å². The van der Waals surface area contributed by atoms with Gasteiger partial charge in [0.05, 0.1) is 18.8 Å². The number of aliphatic imine (C=N–C) groups is 1. The molecule has 0 radical (unpaired) electrons. The third-order valence-electron chi connectivity index (χ3n) is 6.46. The molecule has 3 aliphatic rings. The van der Waals surface area contributed by atoms with Crippen LogP contribution in [0.2, 0.25) is 0 Å². The van der Waals surface area contributed by atoms with Crippen LogP contribution < -0.4 is 5.32 Å². The van der Waals surface area contributed by atoms with E-state index >= 15 is 0 Å². The van der Waals surface area contributed by atoms with Gasteiger partial charge in [-0.25, -0.2) is 0 Å². The molecule has 6 heteroatoms. The van der Waals surface area contributed by atoms with E-state index in [1.54, 1.807) is 0 Å². The van der Waals surface area contributed by atoms with Crippen molar-refractivity contribution in [1.29, 1.82) is 0 Å². The van der Waals surface area contributed by atoms with Gasteiger partial charge in [-0.05, 0) is 77.9 Å². The largest absolute Gasteiger partial charge is 0.376 e. The predicted octanol–water partition coefficient (Wildman–Crippen LogP) is 3.27. The highest BCUT2D eigenvalue weighted by Crippen LogP contribution is 2.18. The Balaban J connectivity index is 1.34. The number of hydrogen-bond acceptors (Lipinski definition) is 4. The topological polar surface area (TPSA) is 49.3 Å². The Morgan fingerprint density at radius 1 is 1.00 bits per heavy atom. The Kier molecular flexibility index (Phi) is 10.6. The number of piperidine rings is 1. The van der Waals surface area contributed by atoms with Gasteiger partial charge in [0.15, 0.2) is 5.96 Å². The van der Waals surface area contributed by atoms with Crippen LogP contribution in [0.4, 0.5) is 0 Å². The van der Waals surface area contributed by atoms with Crippen molar-refractivity contribution >= 4 is 5.96 Å². The maximum Gasteiger partial charge on any atom is 0.193 e. The Bertz CT molecular complexity index is 452. The molecule has 0 aromatic heterocycles. The summed E-state index contributed by atoms with van der Waals surface area (Å²) < 4.78 is 12.0. The Morgan fingerprint density at radius 2 is 1.79 bits per heavy atom. The first kappa shape index (κ1) is 22.8. The van der Waals surface area contributed by atoms with E-state index in [1.165, 1.54) is 58.2 Å². The van der Waals surface area contributed by atoms with E-state index in [1.807, 2.05) is 0 Å². The minimum Gasteiger partial charge on any atom is -0.376 e. The second kappa shape index (κ2) is 13.5. The van der Waals surface area contributed by atoms with Crippen molar-refractivity contribution in [2.75, 3.05) is 59.0 Å². The standard InChI is InChI=1S/C23H44N4O2/c1-2-24-23(25-13-9-16-26-14-6-3-4-7-15-26)27-17-11-21(12-18-27)29-20-22-10-5-8-19-28-22/h21-22H,2-20H2,1H3,(H,24,25). The number of rotatable bonds is 8. The van der Waals surface area contributed by atoms with Gasteiger partial charge < -0.3 is 24.6 Å². The van der Waals surface area contributed by atoms with E-state index in [2.05, 4.69) is 22.0 Å². The first-order valence-corrected chi connectivity index (χ1v) is 12.3. The fraction of sp³-hybridized carbons (Fsp3) is 0.957. The number of nitrogens with one attached hydrogen (secondary N) is 1. The molecule has 1 unspecified atom stereocenters. The van der Waals surface area contributed by atoms with Crippen LogP contribution in [0.1, 0.15) is 71.1 Å². The summed E-state index contributed by atoms with van der Waals surface area (Å²) in [6.45, 7) is 11.5. The summed E-state index contributed by atoms with van der Waals surface area (Å²) in [5, 5.41) is 3.50. The third kappa shape index (κ3) is 8.42. The highest BCUT2D eigenvalue weighted by atomic mass is 16.5. The SMILES string of the molecule is CCNC(=NCCCN1CCCCCC1)N1CCC(OCC2CCCCO2)CC1. The minimum atomic E-state index is 0.324. The molecule has 0 saturated carbocycles. The van der Waals surface area contributed by atoms with Gasteiger partial charge in [-0.15, -0.1) is 0 Å². The normalized spacial score (nSPS) is 25.8. The second-order valence-corrected chi connectivity index (χ2v) is 8.85. The van der Waals surface area contributed by atoms with E-state index in [0.717, 1.165) is 71.0 Å². The molecule has 168 valence electrons. The molecule has 1 N–H and O–H groups in total. The van der Waals surface area contributed by atoms with Crippen LogP contribution >= 0.6 is 0 Å². The molecule has 29 heavy (non-hydrogen) atoms. The molecule has 1 atom stereocenters. The van der Waals surface area contributed by atoms with E-state index in [9.17, 15) is 0 Å². The summed E-state index contributed by atoms with van der Waals surface area (Å²) in [4.78, 5) is 9.99. The molecule has 0 aliphatic carbocycles. The minimum absolute atomic E-state index is 0.324. The van der Waals surface area contributed by atoms with Gasteiger partial charge >= 0.3 is 0 Å². The molecular formula is C23H44N4O2. The Labute approximate surface area is 178 Å². The Hall–Kier alpha value is -0.850. The number of guanidine groups is 1. The first-order valence-electron chi connectivity index (χ1n) is 12.3. The molecule has 3 heterocycles. The maximum absolute atomic E-state index is 6.17. The molecule has 0 aromatic rings. The number of likely N-dealkylation sites (tertiary alicyclic amines) is 2. The van der Waals surface area contributed by atoms with Gasteiger partial charge in [-0.1, -0.05) is 12.8 Å². The highest BCUT2D eigenvalue weighted by Gasteiger charge is 2.23. The van der Waals surface area contributed by atoms with Crippen molar-refractivity contribution in [3.05, 3.63) is 0 Å². The fourth-order valence-electron chi connectivity index (χ4n) is 4.68. The van der Waals surface area contributed by atoms with E-state index in [4.69, 9.17) is 14.5 Å². The summed E-state index contributed by atoms with van der Waals surface area (Å²) in [5.41, 5.74) is 0. The average Bonchev–Trinajstić information content (AvgIpc) is 3.04. The highest BCUT2D eigenvalue weighted by molar-refractivity contribution is 5.80. The number of nitrogens with zero attached hydrogens (tertiary/aromatic N) is 3. The van der Waals surface area contributed by atoms with Gasteiger partial charge in [0.25, 0.3) is 0 Å². The molecule has 3 aliphatic heterocycles. The lowest BCUT2D eigenvalue weighted by Crippen LogP contribution is -2.47. The molecule has 0 aromatic carbocycles. The van der Waals surface area contributed by atoms with Gasteiger partial charge in [0, 0.05) is 32.8 Å². The van der Waals surface area contributed by atoms with Crippen molar-refractivity contribution in [2.24, 2.45) is 4.99 Å². The predicted molar refractivity (Wildman–Crippen MR) is 120 cm³/mol. The Morgan fingerprint density at radius 3 is 2.48 bits per heavy atom. The van der Waals surface area contributed by atoms with Gasteiger partial charge in [-0.3, -0.25) is 4.99 Å². The first-order chi connectivity index (χ1) is 14.3. The van der Waals surface area contributed by atoms with Crippen molar-refractivity contribution in [3.63, 3.8) is 0 Å². The second-order valence-electron chi connectivity index (χ2n) is 8.85. The average molecular weight is 409 g/mol.